The minimum Gasteiger partial charge on any atom is -0.380 e. The fourth-order valence-corrected chi connectivity index (χ4v) is 3.65. The molecule has 0 aromatic heterocycles. The molecule has 2 aliphatic heterocycles. The van der Waals surface area contributed by atoms with Gasteiger partial charge in [-0.2, -0.15) is 0 Å². The van der Waals surface area contributed by atoms with Crippen molar-refractivity contribution in [3.05, 3.63) is 0 Å². The number of piperidine rings is 1. The van der Waals surface area contributed by atoms with Gasteiger partial charge in [-0.1, -0.05) is 0 Å². The molecule has 2 aliphatic rings. The molecule has 0 aromatic carbocycles. The molecule has 2 N–H and O–H groups in total. The molecule has 0 bridgehead atoms. The van der Waals surface area contributed by atoms with Gasteiger partial charge in [-0.25, -0.2) is 13.1 Å². The van der Waals surface area contributed by atoms with Crippen molar-refractivity contribution in [3.63, 3.8) is 0 Å². The minimum absolute atomic E-state index is 0.0580. The van der Waals surface area contributed by atoms with Crippen molar-refractivity contribution in [2.45, 2.75) is 37.5 Å². The Labute approximate surface area is 120 Å². The second-order valence-corrected chi connectivity index (χ2v) is 7.32. The second kappa shape index (κ2) is 6.38. The van der Waals surface area contributed by atoms with Crippen molar-refractivity contribution >= 4 is 15.9 Å². The molecular weight excluding hydrogens is 282 g/mol. The summed E-state index contributed by atoms with van der Waals surface area (Å²) in [6.07, 6.45) is 3.31. The van der Waals surface area contributed by atoms with E-state index in [1.807, 2.05) is 4.90 Å². The number of hydrogen-bond acceptors (Lipinski definition) is 5. The van der Waals surface area contributed by atoms with Crippen molar-refractivity contribution in [3.8, 4) is 0 Å². The van der Waals surface area contributed by atoms with Crippen LogP contribution >= 0.6 is 0 Å². The largest absolute Gasteiger partial charge is 0.380 e. The van der Waals surface area contributed by atoms with Crippen LogP contribution in [0.2, 0.25) is 0 Å². The fourth-order valence-electron chi connectivity index (χ4n) is 2.81. The lowest BCUT2D eigenvalue weighted by Crippen LogP contribution is -2.50. The predicted molar refractivity (Wildman–Crippen MR) is 74.8 cm³/mol. The van der Waals surface area contributed by atoms with Gasteiger partial charge in [-0.05, 0) is 19.3 Å². The van der Waals surface area contributed by atoms with Crippen LogP contribution in [0.3, 0.4) is 0 Å². The van der Waals surface area contributed by atoms with E-state index in [1.54, 1.807) is 7.11 Å². The smallest absolute Gasteiger partial charge is 0.239 e. The van der Waals surface area contributed by atoms with Gasteiger partial charge in [0.05, 0.1) is 18.4 Å². The lowest BCUT2D eigenvalue weighted by atomic mass is 10.0. The first kappa shape index (κ1) is 15.7. The third-order valence-corrected chi connectivity index (χ3v) is 4.67. The number of carbonyl (C=O) groups is 1. The van der Waals surface area contributed by atoms with Gasteiger partial charge in [-0.15, -0.1) is 0 Å². The van der Waals surface area contributed by atoms with Crippen LogP contribution in [0.15, 0.2) is 0 Å². The van der Waals surface area contributed by atoms with Crippen LogP contribution in [0.1, 0.15) is 19.3 Å². The van der Waals surface area contributed by atoms with Crippen LogP contribution < -0.4 is 10.0 Å². The second-order valence-electron chi connectivity index (χ2n) is 5.54. The van der Waals surface area contributed by atoms with Crippen LogP contribution in [0.25, 0.3) is 0 Å². The number of ether oxygens (including phenoxy) is 1. The van der Waals surface area contributed by atoms with Crippen LogP contribution in [0.5, 0.6) is 0 Å². The number of carbonyl (C=O) groups excluding carboxylic acids is 1. The van der Waals surface area contributed by atoms with Crippen molar-refractivity contribution in [2.24, 2.45) is 0 Å². The van der Waals surface area contributed by atoms with E-state index in [4.69, 9.17) is 4.74 Å². The highest BCUT2D eigenvalue weighted by atomic mass is 32.2. The van der Waals surface area contributed by atoms with Gasteiger partial charge >= 0.3 is 0 Å². The van der Waals surface area contributed by atoms with Crippen molar-refractivity contribution in [2.75, 3.05) is 33.0 Å². The molecule has 7 nitrogen and oxygen atoms in total. The van der Waals surface area contributed by atoms with Crippen molar-refractivity contribution in [1.29, 1.82) is 0 Å². The molecule has 2 atom stereocenters. The number of amides is 1. The molecular formula is C12H23N3O4S. The van der Waals surface area contributed by atoms with Crippen molar-refractivity contribution < 1.29 is 17.9 Å². The van der Waals surface area contributed by atoms with Gasteiger partial charge in [0.25, 0.3) is 0 Å². The molecule has 0 aliphatic carbocycles. The zero-order valence-corrected chi connectivity index (χ0v) is 12.8. The van der Waals surface area contributed by atoms with E-state index in [1.165, 1.54) is 0 Å². The maximum Gasteiger partial charge on any atom is 0.239 e. The highest BCUT2D eigenvalue weighted by Crippen LogP contribution is 2.16. The van der Waals surface area contributed by atoms with E-state index in [0.29, 0.717) is 38.9 Å². The van der Waals surface area contributed by atoms with E-state index in [9.17, 15) is 13.2 Å². The van der Waals surface area contributed by atoms with Crippen LogP contribution in [0.4, 0.5) is 0 Å². The van der Waals surface area contributed by atoms with Crippen LogP contribution in [0, 0.1) is 0 Å². The monoisotopic (exact) mass is 305 g/mol. The summed E-state index contributed by atoms with van der Waals surface area (Å²) in [5.74, 6) is 0.0994. The summed E-state index contributed by atoms with van der Waals surface area (Å²) in [4.78, 5) is 14.1. The fraction of sp³-hybridized carbons (Fsp3) is 0.917. The lowest BCUT2D eigenvalue weighted by molar-refractivity contribution is -0.134. The molecule has 2 heterocycles. The Morgan fingerprint density at radius 1 is 1.35 bits per heavy atom. The molecule has 0 aromatic rings. The number of hydrogen-bond donors (Lipinski definition) is 2. The number of sulfonamides is 1. The highest BCUT2D eigenvalue weighted by Gasteiger charge is 2.34. The number of nitrogens with one attached hydrogen (secondary N) is 2. The molecule has 0 saturated carbocycles. The third kappa shape index (κ3) is 4.15. The number of methoxy groups -OCH3 is 1. The molecule has 20 heavy (non-hydrogen) atoms. The first-order valence-electron chi connectivity index (χ1n) is 6.91. The number of rotatable bonds is 4. The minimum atomic E-state index is -3.17. The Hall–Kier alpha value is -0.700. The predicted octanol–water partition coefficient (Wildman–Crippen LogP) is -1.10. The summed E-state index contributed by atoms with van der Waals surface area (Å²) in [5, 5.41) is 3.18. The average Bonchev–Trinajstić information content (AvgIpc) is 2.85. The Bertz CT molecular complexity index is 446. The van der Waals surface area contributed by atoms with Gasteiger partial charge < -0.3 is 15.0 Å². The summed E-state index contributed by atoms with van der Waals surface area (Å²) >= 11 is 0. The van der Waals surface area contributed by atoms with Gasteiger partial charge in [0.2, 0.25) is 15.9 Å². The van der Waals surface area contributed by atoms with Gasteiger partial charge in [-0.3, -0.25) is 4.79 Å². The topological polar surface area (TPSA) is 87.7 Å². The molecule has 2 unspecified atom stereocenters. The zero-order chi connectivity index (χ0) is 14.8. The summed E-state index contributed by atoms with van der Waals surface area (Å²) < 4.78 is 30.2. The number of likely N-dealkylation sites (tertiary alicyclic amines) is 1. The maximum atomic E-state index is 12.3. The summed E-state index contributed by atoms with van der Waals surface area (Å²) in [6, 6.07) is -0.225. The van der Waals surface area contributed by atoms with E-state index < -0.39 is 10.0 Å². The average molecular weight is 305 g/mol. The van der Waals surface area contributed by atoms with E-state index in [0.717, 1.165) is 6.26 Å². The molecule has 2 rings (SSSR count). The van der Waals surface area contributed by atoms with E-state index in [-0.39, 0.29) is 24.1 Å². The molecule has 116 valence electrons. The van der Waals surface area contributed by atoms with Gasteiger partial charge in [0.1, 0.15) is 0 Å². The van der Waals surface area contributed by atoms with E-state index in [2.05, 4.69) is 10.0 Å². The van der Waals surface area contributed by atoms with Gasteiger partial charge in [0, 0.05) is 32.8 Å². The maximum absolute atomic E-state index is 12.3. The Balaban J connectivity index is 1.80. The zero-order valence-electron chi connectivity index (χ0n) is 12.0. The lowest BCUT2D eigenvalue weighted by Gasteiger charge is -2.33. The normalized spacial score (nSPS) is 28.8. The third-order valence-electron chi connectivity index (χ3n) is 3.91. The molecule has 2 fully saturated rings. The number of nitrogens with zero attached hydrogens (tertiary/aromatic N) is 1. The molecule has 8 heteroatoms. The Kier molecular flexibility index (Phi) is 5.00. The summed E-state index contributed by atoms with van der Waals surface area (Å²) in [5.41, 5.74) is 0. The highest BCUT2D eigenvalue weighted by molar-refractivity contribution is 7.88. The molecule has 0 spiro atoms. The first-order chi connectivity index (χ1) is 9.39. The standard InChI is InChI=1S/C12H23N3O4S/c1-19-10-7-11(13-8-10)12(16)15-5-3-9(4-6-15)14-20(2,17)18/h9-11,13-14H,3-8H2,1-2H3. The summed E-state index contributed by atoms with van der Waals surface area (Å²) in [6.45, 7) is 1.91. The Morgan fingerprint density at radius 2 is 2.00 bits per heavy atom. The Morgan fingerprint density at radius 3 is 2.50 bits per heavy atom. The quantitative estimate of drug-likeness (QED) is 0.689. The SMILES string of the molecule is COC1CNC(C(=O)N2CCC(NS(C)(=O)=O)CC2)C1. The molecule has 1 amide bonds. The van der Waals surface area contributed by atoms with Crippen LogP contribution in [-0.4, -0.2) is 70.4 Å². The van der Waals surface area contributed by atoms with Crippen LogP contribution in [-0.2, 0) is 19.6 Å². The van der Waals surface area contributed by atoms with E-state index >= 15 is 0 Å². The van der Waals surface area contributed by atoms with Crippen molar-refractivity contribution in [1.82, 2.24) is 14.9 Å². The molecule has 2 saturated heterocycles. The summed E-state index contributed by atoms with van der Waals surface area (Å²) in [7, 11) is -1.52. The molecule has 0 radical (unpaired) electrons. The van der Waals surface area contributed by atoms with Gasteiger partial charge in [0.15, 0.2) is 0 Å². The first-order valence-corrected chi connectivity index (χ1v) is 8.80.